The number of nitrogens with one attached hydrogen (secondary N) is 1. The number of guanidine groups is 1. The summed E-state index contributed by atoms with van der Waals surface area (Å²) < 4.78 is 62.8. The smallest absolute Gasteiger partial charge is 0.355 e. The van der Waals surface area contributed by atoms with Crippen LogP contribution >= 0.6 is 24.0 Å². The highest BCUT2D eigenvalue weighted by atomic mass is 127. The minimum atomic E-state index is -4.35. The number of aliphatic imine (C=N–C) groups is 1. The van der Waals surface area contributed by atoms with Crippen molar-refractivity contribution in [2.45, 2.75) is 19.1 Å². The lowest BCUT2D eigenvalue weighted by atomic mass is 10.1. The molecular formula is C16H24F3IN4O2S. The lowest BCUT2D eigenvalue weighted by molar-refractivity contribution is -0.137. The van der Waals surface area contributed by atoms with Crippen LogP contribution in [0.1, 0.15) is 17.5 Å². The number of alkyl halides is 3. The summed E-state index contributed by atoms with van der Waals surface area (Å²) >= 11 is 0. The van der Waals surface area contributed by atoms with Crippen LogP contribution in [0.2, 0.25) is 0 Å². The minimum Gasteiger partial charge on any atom is -0.355 e. The molecule has 1 aromatic rings. The van der Waals surface area contributed by atoms with Crippen molar-refractivity contribution in [2.75, 3.05) is 39.5 Å². The van der Waals surface area contributed by atoms with Gasteiger partial charge in [-0.25, -0.2) is 12.7 Å². The van der Waals surface area contributed by atoms with E-state index in [1.807, 2.05) is 0 Å². The van der Waals surface area contributed by atoms with Gasteiger partial charge in [0.15, 0.2) is 5.96 Å². The van der Waals surface area contributed by atoms with E-state index in [4.69, 9.17) is 0 Å². The van der Waals surface area contributed by atoms with Gasteiger partial charge in [0.25, 0.3) is 0 Å². The van der Waals surface area contributed by atoms with Crippen LogP contribution in [-0.2, 0) is 22.7 Å². The molecule has 11 heteroatoms. The van der Waals surface area contributed by atoms with E-state index >= 15 is 0 Å². The fourth-order valence-electron chi connectivity index (χ4n) is 2.77. The second-order valence-corrected chi connectivity index (χ2v) is 8.18. The number of hydrogen-bond acceptors (Lipinski definition) is 3. The number of benzene rings is 1. The van der Waals surface area contributed by atoms with Gasteiger partial charge in [0.1, 0.15) is 0 Å². The molecule has 0 aliphatic carbocycles. The summed E-state index contributed by atoms with van der Waals surface area (Å²) in [5.74, 6) is 0.733. The fraction of sp³-hybridized carbons (Fsp3) is 0.562. The van der Waals surface area contributed by atoms with Crippen LogP contribution in [0.25, 0.3) is 0 Å². The van der Waals surface area contributed by atoms with E-state index in [-0.39, 0.29) is 29.7 Å². The Balaban J connectivity index is 0.00000364. The molecule has 154 valence electrons. The summed E-state index contributed by atoms with van der Waals surface area (Å²) in [6.45, 7) is 1.67. The zero-order valence-corrected chi connectivity index (χ0v) is 18.3. The summed E-state index contributed by atoms with van der Waals surface area (Å²) in [5.41, 5.74) is 0.0313. The zero-order chi connectivity index (χ0) is 19.4. The van der Waals surface area contributed by atoms with E-state index in [2.05, 4.69) is 10.3 Å². The van der Waals surface area contributed by atoms with Crippen molar-refractivity contribution in [3.8, 4) is 0 Å². The highest BCUT2D eigenvalue weighted by Gasteiger charge is 2.30. The van der Waals surface area contributed by atoms with Crippen molar-refractivity contribution < 1.29 is 21.6 Å². The van der Waals surface area contributed by atoms with Gasteiger partial charge in [0.05, 0.1) is 11.3 Å². The largest absolute Gasteiger partial charge is 0.416 e. The predicted molar refractivity (Wildman–Crippen MR) is 110 cm³/mol. The van der Waals surface area contributed by atoms with Crippen LogP contribution < -0.4 is 5.32 Å². The van der Waals surface area contributed by atoms with E-state index in [1.165, 1.54) is 16.4 Å². The van der Waals surface area contributed by atoms with Gasteiger partial charge in [-0.15, -0.1) is 24.0 Å². The van der Waals surface area contributed by atoms with E-state index in [0.717, 1.165) is 12.1 Å². The maximum atomic E-state index is 12.6. The standard InChI is InChI=1S/C16H23F3N4O2S.HI/c1-20-15(21-8-10-23-9-3-11-26(23,24)25)22(2)12-13-4-6-14(7-5-13)16(17,18)19;/h4-7H,3,8-12H2,1-2H3,(H,20,21);1H. The van der Waals surface area contributed by atoms with Gasteiger partial charge in [-0.2, -0.15) is 13.2 Å². The van der Waals surface area contributed by atoms with E-state index in [0.29, 0.717) is 44.1 Å². The summed E-state index contributed by atoms with van der Waals surface area (Å²) in [6.07, 6.45) is -3.71. The average Bonchev–Trinajstić information content (AvgIpc) is 2.89. The van der Waals surface area contributed by atoms with Crippen LogP contribution in [0, 0.1) is 0 Å². The summed E-state index contributed by atoms with van der Waals surface area (Å²) in [5, 5.41) is 3.08. The summed E-state index contributed by atoms with van der Waals surface area (Å²) in [6, 6.07) is 4.97. The SMILES string of the molecule is CN=C(NCCN1CCCS1(=O)=O)N(C)Cc1ccc(C(F)(F)F)cc1.I. The first-order valence-corrected chi connectivity index (χ1v) is 9.80. The van der Waals surface area contributed by atoms with Gasteiger partial charge in [0.2, 0.25) is 10.0 Å². The van der Waals surface area contributed by atoms with Crippen molar-refractivity contribution >= 4 is 40.0 Å². The molecular weight excluding hydrogens is 496 g/mol. The molecule has 1 aliphatic rings. The third kappa shape index (κ3) is 6.79. The second kappa shape index (κ2) is 9.92. The monoisotopic (exact) mass is 520 g/mol. The Hall–Kier alpha value is -1.08. The highest BCUT2D eigenvalue weighted by Crippen LogP contribution is 2.29. The molecule has 0 aromatic heterocycles. The van der Waals surface area contributed by atoms with Gasteiger partial charge < -0.3 is 10.2 Å². The van der Waals surface area contributed by atoms with E-state index < -0.39 is 21.8 Å². The van der Waals surface area contributed by atoms with E-state index in [9.17, 15) is 21.6 Å². The lowest BCUT2D eigenvalue weighted by Crippen LogP contribution is -2.42. The van der Waals surface area contributed by atoms with Gasteiger partial charge >= 0.3 is 6.18 Å². The molecule has 0 atom stereocenters. The normalized spacial score (nSPS) is 17.4. The average molecular weight is 520 g/mol. The van der Waals surface area contributed by atoms with Crippen molar-refractivity contribution in [2.24, 2.45) is 4.99 Å². The Morgan fingerprint density at radius 2 is 1.93 bits per heavy atom. The first-order valence-electron chi connectivity index (χ1n) is 8.19. The quantitative estimate of drug-likeness (QED) is 0.368. The predicted octanol–water partition coefficient (Wildman–Crippen LogP) is 2.37. The Labute approximate surface area is 174 Å². The number of hydrogen-bond donors (Lipinski definition) is 1. The Morgan fingerprint density at radius 1 is 1.30 bits per heavy atom. The van der Waals surface area contributed by atoms with Crippen LogP contribution in [0.3, 0.4) is 0 Å². The third-order valence-electron chi connectivity index (χ3n) is 4.12. The molecule has 2 rings (SSSR count). The molecule has 1 N–H and O–H groups in total. The molecule has 0 amide bonds. The number of sulfonamides is 1. The molecule has 0 bridgehead atoms. The first-order chi connectivity index (χ1) is 12.1. The van der Waals surface area contributed by atoms with Gasteiger partial charge in [-0.05, 0) is 24.1 Å². The lowest BCUT2D eigenvalue weighted by Gasteiger charge is -2.23. The maximum Gasteiger partial charge on any atom is 0.416 e. The van der Waals surface area contributed by atoms with Crippen molar-refractivity contribution in [1.82, 2.24) is 14.5 Å². The van der Waals surface area contributed by atoms with Crippen molar-refractivity contribution in [3.05, 3.63) is 35.4 Å². The number of halogens is 4. The molecule has 1 heterocycles. The van der Waals surface area contributed by atoms with Crippen LogP contribution in [0.15, 0.2) is 29.3 Å². The third-order valence-corrected chi connectivity index (χ3v) is 6.08. The molecule has 0 spiro atoms. The van der Waals surface area contributed by atoms with Gasteiger partial charge in [-0.1, -0.05) is 12.1 Å². The molecule has 27 heavy (non-hydrogen) atoms. The highest BCUT2D eigenvalue weighted by molar-refractivity contribution is 14.0. The van der Waals surface area contributed by atoms with Crippen molar-refractivity contribution in [3.63, 3.8) is 0 Å². The number of rotatable bonds is 5. The summed E-state index contributed by atoms with van der Waals surface area (Å²) in [4.78, 5) is 5.89. The molecule has 0 unspecified atom stereocenters. The second-order valence-electron chi connectivity index (χ2n) is 6.09. The molecule has 0 saturated carbocycles. The molecule has 6 nitrogen and oxygen atoms in total. The summed E-state index contributed by atoms with van der Waals surface area (Å²) in [7, 11) is 0.230. The Morgan fingerprint density at radius 3 is 2.41 bits per heavy atom. The van der Waals surface area contributed by atoms with E-state index in [1.54, 1.807) is 19.0 Å². The van der Waals surface area contributed by atoms with Gasteiger partial charge in [-0.3, -0.25) is 4.99 Å². The minimum absolute atomic E-state index is 0. The van der Waals surface area contributed by atoms with Crippen LogP contribution in [0.5, 0.6) is 0 Å². The molecule has 1 aromatic carbocycles. The molecule has 1 aliphatic heterocycles. The zero-order valence-electron chi connectivity index (χ0n) is 15.2. The van der Waals surface area contributed by atoms with Crippen molar-refractivity contribution in [1.29, 1.82) is 0 Å². The topological polar surface area (TPSA) is 65.0 Å². The molecule has 1 saturated heterocycles. The number of nitrogens with zero attached hydrogens (tertiary/aromatic N) is 3. The Bertz CT molecular complexity index is 739. The fourth-order valence-corrected chi connectivity index (χ4v) is 4.30. The Kier molecular flexibility index (Phi) is 8.80. The van der Waals surface area contributed by atoms with Crippen LogP contribution in [-0.4, -0.2) is 63.1 Å². The molecule has 1 fully saturated rings. The molecule has 0 radical (unpaired) electrons. The van der Waals surface area contributed by atoms with Gasteiger partial charge in [0, 0.05) is 40.3 Å². The maximum absolute atomic E-state index is 12.6. The first kappa shape index (κ1) is 24.0. The van der Waals surface area contributed by atoms with Crippen LogP contribution in [0.4, 0.5) is 13.2 Å².